The fourth-order valence-corrected chi connectivity index (χ4v) is 6.18. The van der Waals surface area contributed by atoms with Crippen LogP contribution in [0.2, 0.25) is 0 Å². The highest BCUT2D eigenvalue weighted by Gasteiger charge is 2.51. The van der Waals surface area contributed by atoms with Crippen LogP contribution in [0.5, 0.6) is 0 Å². The van der Waals surface area contributed by atoms with E-state index >= 15 is 0 Å². The molecule has 0 unspecified atom stereocenters. The Hall–Kier alpha value is -0.900. The molecule has 3 nitrogen and oxygen atoms in total. The fraction of sp³-hybridized carbons (Fsp3) is 0.778. The zero-order valence-electron chi connectivity index (χ0n) is 19.9. The van der Waals surface area contributed by atoms with E-state index in [1.165, 1.54) is 25.7 Å². The molecule has 0 saturated heterocycles. The van der Waals surface area contributed by atoms with E-state index in [9.17, 15) is 10.2 Å². The van der Waals surface area contributed by atoms with Gasteiger partial charge in [0.2, 0.25) is 0 Å². The SMILES string of the molecule is C=C1/C(=C/C=C2\CCC[C@]3(C)[C@@H]([C@H](C)OCCC(C)(C)C)CC[C@@H]23)C[C@@H](O)C[C@@H]1O. The number of hydrogen-bond acceptors (Lipinski definition) is 3. The second-order valence-corrected chi connectivity index (χ2v) is 11.6. The van der Waals surface area contributed by atoms with Crippen molar-refractivity contribution < 1.29 is 14.9 Å². The Bertz CT molecular complexity index is 683. The molecule has 3 fully saturated rings. The Balaban J connectivity index is 1.70. The lowest BCUT2D eigenvalue weighted by molar-refractivity contribution is -0.0318. The van der Waals surface area contributed by atoms with Crippen molar-refractivity contribution in [2.75, 3.05) is 6.61 Å². The van der Waals surface area contributed by atoms with Crippen molar-refractivity contribution >= 4 is 0 Å². The number of fused-ring (bicyclic) bond motifs is 1. The van der Waals surface area contributed by atoms with Crippen LogP contribution < -0.4 is 0 Å². The molecule has 6 atom stereocenters. The van der Waals surface area contributed by atoms with Gasteiger partial charge < -0.3 is 14.9 Å². The van der Waals surface area contributed by atoms with Gasteiger partial charge in [0.1, 0.15) is 0 Å². The molecule has 3 heteroatoms. The average molecular weight is 417 g/mol. The van der Waals surface area contributed by atoms with Gasteiger partial charge in [-0.3, -0.25) is 0 Å². The summed E-state index contributed by atoms with van der Waals surface area (Å²) in [6.45, 7) is 16.5. The van der Waals surface area contributed by atoms with E-state index in [0.29, 0.717) is 41.6 Å². The molecule has 0 spiro atoms. The van der Waals surface area contributed by atoms with E-state index in [1.807, 2.05) is 0 Å². The third kappa shape index (κ3) is 5.29. The molecule has 0 aromatic carbocycles. The molecule has 0 heterocycles. The molecule has 0 aromatic rings. The van der Waals surface area contributed by atoms with Gasteiger partial charge in [0.25, 0.3) is 0 Å². The number of hydrogen-bond donors (Lipinski definition) is 2. The van der Waals surface area contributed by atoms with Crippen LogP contribution in [0.3, 0.4) is 0 Å². The van der Waals surface area contributed by atoms with Gasteiger partial charge in [-0.05, 0) is 85.7 Å². The maximum absolute atomic E-state index is 10.1. The first-order valence-electron chi connectivity index (χ1n) is 12.1. The first-order valence-corrected chi connectivity index (χ1v) is 12.1. The molecule has 3 rings (SSSR count). The third-order valence-electron chi connectivity index (χ3n) is 8.10. The van der Waals surface area contributed by atoms with Crippen LogP contribution >= 0.6 is 0 Å². The summed E-state index contributed by atoms with van der Waals surface area (Å²) < 4.78 is 6.35. The molecule has 0 amide bonds. The van der Waals surface area contributed by atoms with Crippen LogP contribution in [0.4, 0.5) is 0 Å². The van der Waals surface area contributed by atoms with E-state index in [0.717, 1.165) is 30.6 Å². The molecule has 170 valence electrons. The summed E-state index contributed by atoms with van der Waals surface area (Å²) in [4.78, 5) is 0. The maximum Gasteiger partial charge on any atom is 0.0811 e. The van der Waals surface area contributed by atoms with Crippen LogP contribution in [0, 0.1) is 22.7 Å². The lowest BCUT2D eigenvalue weighted by atomic mass is 9.62. The summed E-state index contributed by atoms with van der Waals surface area (Å²) >= 11 is 0. The van der Waals surface area contributed by atoms with Crippen molar-refractivity contribution in [3.05, 3.63) is 35.5 Å². The van der Waals surface area contributed by atoms with Crippen LogP contribution in [0.25, 0.3) is 0 Å². The lowest BCUT2D eigenvalue weighted by Crippen LogP contribution is -2.39. The van der Waals surface area contributed by atoms with Crippen molar-refractivity contribution in [2.24, 2.45) is 22.7 Å². The summed E-state index contributed by atoms with van der Waals surface area (Å²) in [5.41, 5.74) is 3.96. The molecular weight excluding hydrogens is 372 g/mol. The Morgan fingerprint density at radius 3 is 2.67 bits per heavy atom. The molecule has 2 N–H and O–H groups in total. The molecule has 3 aliphatic rings. The Morgan fingerprint density at radius 1 is 1.23 bits per heavy atom. The fourth-order valence-electron chi connectivity index (χ4n) is 6.18. The van der Waals surface area contributed by atoms with Gasteiger partial charge in [-0.15, -0.1) is 0 Å². The first kappa shape index (κ1) is 23.8. The number of aliphatic hydroxyl groups excluding tert-OH is 2. The van der Waals surface area contributed by atoms with E-state index in [1.54, 1.807) is 5.57 Å². The molecule has 30 heavy (non-hydrogen) atoms. The third-order valence-corrected chi connectivity index (χ3v) is 8.10. The van der Waals surface area contributed by atoms with Crippen LogP contribution in [0.15, 0.2) is 35.5 Å². The van der Waals surface area contributed by atoms with Crippen molar-refractivity contribution in [3.63, 3.8) is 0 Å². The highest BCUT2D eigenvalue weighted by atomic mass is 16.5. The predicted octanol–water partition coefficient (Wildman–Crippen LogP) is 5.97. The van der Waals surface area contributed by atoms with Gasteiger partial charge >= 0.3 is 0 Å². The largest absolute Gasteiger partial charge is 0.393 e. The number of ether oxygens (including phenoxy) is 1. The predicted molar refractivity (Wildman–Crippen MR) is 124 cm³/mol. The zero-order valence-corrected chi connectivity index (χ0v) is 19.9. The molecule has 0 bridgehead atoms. The minimum atomic E-state index is -0.614. The number of allylic oxidation sites excluding steroid dienone is 3. The highest BCUT2D eigenvalue weighted by Crippen LogP contribution is 2.58. The van der Waals surface area contributed by atoms with Crippen molar-refractivity contribution in [2.45, 2.75) is 104 Å². The quantitative estimate of drug-likeness (QED) is 0.580. The van der Waals surface area contributed by atoms with E-state index in [2.05, 4.69) is 53.3 Å². The standard InChI is InChI=1S/C27H44O3/c1-18-21(16-22(28)17-25(18)29)10-9-20-8-7-13-27(6)23(11-12-24(20)27)19(2)30-15-14-26(3,4)5/h9-10,19,22-25,28-29H,1,7-8,11-17H2,2-6H3/b20-9+,21-10+/t19-,22+,23+,24-,25-,27+/m0/s1. The maximum atomic E-state index is 10.1. The van der Waals surface area contributed by atoms with E-state index in [4.69, 9.17) is 4.74 Å². The zero-order chi connectivity index (χ0) is 22.1. The lowest BCUT2D eigenvalue weighted by Gasteiger charge is -2.44. The molecular formula is C27H44O3. The van der Waals surface area contributed by atoms with Gasteiger partial charge in [0.15, 0.2) is 0 Å². The number of aliphatic hydroxyl groups is 2. The van der Waals surface area contributed by atoms with Crippen molar-refractivity contribution in [3.8, 4) is 0 Å². The molecule has 3 saturated carbocycles. The van der Waals surface area contributed by atoms with Crippen LogP contribution in [-0.4, -0.2) is 35.1 Å². The summed E-state index contributed by atoms with van der Waals surface area (Å²) in [6.07, 6.45) is 11.9. The second kappa shape index (κ2) is 9.30. The Labute approximate surface area is 184 Å². The van der Waals surface area contributed by atoms with E-state index < -0.39 is 12.2 Å². The summed E-state index contributed by atoms with van der Waals surface area (Å²) in [5, 5.41) is 20.2. The van der Waals surface area contributed by atoms with Gasteiger partial charge in [0.05, 0.1) is 18.3 Å². The number of rotatable bonds is 5. The van der Waals surface area contributed by atoms with Gasteiger partial charge in [-0.25, -0.2) is 0 Å². The summed E-state index contributed by atoms with van der Waals surface area (Å²) in [5.74, 6) is 1.24. The summed E-state index contributed by atoms with van der Waals surface area (Å²) in [7, 11) is 0. The molecule has 0 aliphatic heterocycles. The Morgan fingerprint density at radius 2 is 1.97 bits per heavy atom. The van der Waals surface area contributed by atoms with Gasteiger partial charge in [0, 0.05) is 13.0 Å². The van der Waals surface area contributed by atoms with Gasteiger partial charge in [-0.1, -0.05) is 52.0 Å². The van der Waals surface area contributed by atoms with E-state index in [-0.39, 0.29) is 0 Å². The topological polar surface area (TPSA) is 49.7 Å². The van der Waals surface area contributed by atoms with Crippen LogP contribution in [-0.2, 0) is 4.74 Å². The van der Waals surface area contributed by atoms with Crippen molar-refractivity contribution in [1.82, 2.24) is 0 Å². The minimum Gasteiger partial charge on any atom is -0.393 e. The van der Waals surface area contributed by atoms with Crippen molar-refractivity contribution in [1.29, 1.82) is 0 Å². The first-order chi connectivity index (χ1) is 14.0. The minimum absolute atomic E-state index is 0.309. The average Bonchev–Trinajstić information content (AvgIpc) is 3.00. The van der Waals surface area contributed by atoms with Crippen LogP contribution in [0.1, 0.15) is 86.0 Å². The normalized spacial score (nSPS) is 38.8. The molecule has 3 aliphatic carbocycles. The monoisotopic (exact) mass is 416 g/mol. The molecule has 0 radical (unpaired) electrons. The highest BCUT2D eigenvalue weighted by molar-refractivity contribution is 5.38. The smallest absolute Gasteiger partial charge is 0.0811 e. The second-order valence-electron chi connectivity index (χ2n) is 11.6. The summed E-state index contributed by atoms with van der Waals surface area (Å²) in [6, 6.07) is 0. The van der Waals surface area contributed by atoms with Gasteiger partial charge in [-0.2, -0.15) is 0 Å². The molecule has 0 aromatic heterocycles. The Kier molecular flexibility index (Phi) is 7.37.